The van der Waals surface area contributed by atoms with Gasteiger partial charge in [0.15, 0.2) is 29.6 Å². The van der Waals surface area contributed by atoms with Gasteiger partial charge in [-0.3, -0.25) is 4.79 Å². The SMILES string of the molecule is CCOc1cc(C=NNC(=O)COc2cccc3ccccc23)ccc1OC(=O)c1cc(OC)c(OC)c(OC)c1. The molecule has 0 aliphatic heterocycles. The van der Waals surface area contributed by atoms with Crippen LogP contribution in [0.2, 0.25) is 0 Å². The number of rotatable bonds is 12. The maximum absolute atomic E-state index is 13.0. The number of esters is 1. The number of fused-ring (bicyclic) bond motifs is 1. The fraction of sp³-hybridized carbons (Fsp3) is 0.194. The summed E-state index contributed by atoms with van der Waals surface area (Å²) < 4.78 is 32.9. The third kappa shape index (κ3) is 7.04. The molecule has 1 amide bonds. The number of ether oxygens (including phenoxy) is 6. The molecule has 0 spiro atoms. The quantitative estimate of drug-likeness (QED) is 0.112. The Morgan fingerprint density at radius 2 is 1.51 bits per heavy atom. The molecule has 4 aromatic rings. The van der Waals surface area contributed by atoms with Crippen LogP contribution in [0.3, 0.4) is 0 Å². The van der Waals surface area contributed by atoms with Crippen molar-refractivity contribution in [2.24, 2.45) is 5.10 Å². The average Bonchev–Trinajstić information content (AvgIpc) is 3.00. The Labute approximate surface area is 237 Å². The predicted octanol–water partition coefficient (Wildman–Crippen LogP) is 5.01. The maximum atomic E-state index is 13.0. The molecule has 4 rings (SSSR count). The van der Waals surface area contributed by atoms with E-state index in [4.69, 9.17) is 28.4 Å². The van der Waals surface area contributed by atoms with Crippen LogP contribution in [0, 0.1) is 0 Å². The Kier molecular flexibility index (Phi) is 9.61. The highest BCUT2D eigenvalue weighted by Crippen LogP contribution is 2.39. The van der Waals surface area contributed by atoms with Gasteiger partial charge in [-0.15, -0.1) is 0 Å². The van der Waals surface area contributed by atoms with Gasteiger partial charge in [0.2, 0.25) is 5.75 Å². The largest absolute Gasteiger partial charge is 0.493 e. The number of nitrogens with zero attached hydrogens (tertiary/aromatic N) is 1. The van der Waals surface area contributed by atoms with Gasteiger partial charge >= 0.3 is 5.97 Å². The van der Waals surface area contributed by atoms with Crippen LogP contribution in [0.4, 0.5) is 0 Å². The van der Waals surface area contributed by atoms with Gasteiger partial charge in [0.1, 0.15) is 5.75 Å². The van der Waals surface area contributed by atoms with Crippen molar-refractivity contribution in [1.29, 1.82) is 0 Å². The summed E-state index contributed by atoms with van der Waals surface area (Å²) >= 11 is 0. The van der Waals surface area contributed by atoms with Crippen LogP contribution in [-0.4, -0.2) is 52.6 Å². The van der Waals surface area contributed by atoms with Crippen molar-refractivity contribution in [3.63, 3.8) is 0 Å². The van der Waals surface area contributed by atoms with E-state index in [2.05, 4.69) is 10.5 Å². The Morgan fingerprint density at radius 1 is 0.780 bits per heavy atom. The standard InChI is InChI=1S/C31H30N2O8/c1-5-39-26-15-20(18-32-33-29(34)19-40-24-12-8-10-21-9-6-7-11-23(21)24)13-14-25(26)41-31(35)22-16-27(36-2)30(38-4)28(17-22)37-3/h6-18H,5,19H2,1-4H3,(H,33,34). The van der Waals surface area contributed by atoms with Gasteiger partial charge in [0.05, 0.1) is 39.7 Å². The van der Waals surface area contributed by atoms with E-state index in [1.165, 1.54) is 39.7 Å². The van der Waals surface area contributed by atoms with Gasteiger partial charge in [0.25, 0.3) is 5.91 Å². The van der Waals surface area contributed by atoms with E-state index in [0.717, 1.165) is 10.8 Å². The van der Waals surface area contributed by atoms with E-state index >= 15 is 0 Å². The third-order valence-electron chi connectivity index (χ3n) is 5.88. The molecule has 0 radical (unpaired) electrons. The van der Waals surface area contributed by atoms with Crippen LogP contribution in [0.15, 0.2) is 77.9 Å². The molecular weight excluding hydrogens is 528 g/mol. The second-order valence-electron chi connectivity index (χ2n) is 8.50. The molecule has 0 saturated carbocycles. The molecule has 0 atom stereocenters. The molecular formula is C31H30N2O8. The summed E-state index contributed by atoms with van der Waals surface area (Å²) in [5.74, 6) is 1.07. The average molecular weight is 559 g/mol. The first-order valence-electron chi connectivity index (χ1n) is 12.7. The van der Waals surface area contributed by atoms with Gasteiger partial charge in [0, 0.05) is 5.39 Å². The maximum Gasteiger partial charge on any atom is 0.343 e. The zero-order valence-electron chi connectivity index (χ0n) is 23.1. The summed E-state index contributed by atoms with van der Waals surface area (Å²) in [5, 5.41) is 5.94. The highest BCUT2D eigenvalue weighted by molar-refractivity contribution is 5.93. The Bertz CT molecular complexity index is 1540. The number of hydrogen-bond donors (Lipinski definition) is 1. The molecule has 4 aromatic carbocycles. The van der Waals surface area contributed by atoms with Gasteiger partial charge in [-0.1, -0.05) is 36.4 Å². The van der Waals surface area contributed by atoms with Crippen molar-refractivity contribution in [2.45, 2.75) is 6.92 Å². The minimum atomic E-state index is -0.648. The number of hydrazone groups is 1. The molecule has 41 heavy (non-hydrogen) atoms. The molecule has 0 aliphatic rings. The summed E-state index contributed by atoms with van der Waals surface area (Å²) in [7, 11) is 4.39. The first kappa shape index (κ1) is 28.8. The molecule has 0 unspecified atom stereocenters. The first-order valence-corrected chi connectivity index (χ1v) is 12.7. The summed E-state index contributed by atoms with van der Waals surface area (Å²) in [6.07, 6.45) is 1.45. The minimum absolute atomic E-state index is 0.195. The highest BCUT2D eigenvalue weighted by Gasteiger charge is 2.20. The van der Waals surface area contributed by atoms with Crippen LogP contribution < -0.4 is 33.8 Å². The fourth-order valence-corrected chi connectivity index (χ4v) is 3.99. The van der Waals surface area contributed by atoms with Crippen molar-refractivity contribution in [3.05, 3.63) is 83.9 Å². The van der Waals surface area contributed by atoms with Crippen LogP contribution in [0.1, 0.15) is 22.8 Å². The number of benzene rings is 4. The number of nitrogens with one attached hydrogen (secondary N) is 1. The van der Waals surface area contributed by atoms with E-state index in [9.17, 15) is 9.59 Å². The smallest absolute Gasteiger partial charge is 0.343 e. The van der Waals surface area contributed by atoms with Crippen molar-refractivity contribution >= 4 is 28.9 Å². The Balaban J connectivity index is 1.41. The normalized spacial score (nSPS) is 10.7. The van der Waals surface area contributed by atoms with Crippen LogP contribution >= 0.6 is 0 Å². The fourth-order valence-electron chi connectivity index (χ4n) is 3.99. The molecule has 0 aromatic heterocycles. The summed E-state index contributed by atoms with van der Waals surface area (Å²) in [6.45, 7) is 1.94. The van der Waals surface area contributed by atoms with Gasteiger partial charge in [-0.25, -0.2) is 10.2 Å². The van der Waals surface area contributed by atoms with Crippen molar-refractivity contribution in [1.82, 2.24) is 5.43 Å². The molecule has 10 nitrogen and oxygen atoms in total. The lowest BCUT2D eigenvalue weighted by Crippen LogP contribution is -2.24. The van der Waals surface area contributed by atoms with E-state index in [1.807, 2.05) is 49.4 Å². The molecule has 0 bridgehead atoms. The number of amides is 1. The topological polar surface area (TPSA) is 114 Å². The molecule has 212 valence electrons. The molecule has 1 N–H and O–H groups in total. The van der Waals surface area contributed by atoms with Crippen LogP contribution in [0.5, 0.6) is 34.5 Å². The molecule has 0 saturated heterocycles. The Morgan fingerprint density at radius 3 is 2.22 bits per heavy atom. The van der Waals surface area contributed by atoms with Crippen LogP contribution in [0.25, 0.3) is 10.8 Å². The number of hydrogen-bond acceptors (Lipinski definition) is 9. The first-order chi connectivity index (χ1) is 20.0. The third-order valence-corrected chi connectivity index (χ3v) is 5.88. The second-order valence-corrected chi connectivity index (χ2v) is 8.50. The number of carbonyl (C=O) groups is 2. The summed E-state index contributed by atoms with van der Waals surface area (Å²) in [4.78, 5) is 25.3. The lowest BCUT2D eigenvalue weighted by Gasteiger charge is -2.15. The zero-order valence-corrected chi connectivity index (χ0v) is 23.1. The van der Waals surface area contributed by atoms with Gasteiger partial charge in [-0.2, -0.15) is 5.10 Å². The molecule has 0 fully saturated rings. The number of methoxy groups -OCH3 is 3. The molecule has 0 heterocycles. The van der Waals surface area contributed by atoms with Crippen molar-refractivity contribution in [3.8, 4) is 34.5 Å². The second kappa shape index (κ2) is 13.7. The van der Waals surface area contributed by atoms with Gasteiger partial charge in [-0.05, 0) is 54.3 Å². The van der Waals surface area contributed by atoms with Crippen LogP contribution in [-0.2, 0) is 4.79 Å². The summed E-state index contributed by atoms with van der Waals surface area (Å²) in [5.41, 5.74) is 3.25. The lowest BCUT2D eigenvalue weighted by molar-refractivity contribution is -0.123. The minimum Gasteiger partial charge on any atom is -0.493 e. The Hall–Kier alpha value is -5.25. The van der Waals surface area contributed by atoms with Gasteiger partial charge < -0.3 is 28.4 Å². The van der Waals surface area contributed by atoms with Crippen molar-refractivity contribution < 1.29 is 38.0 Å². The lowest BCUT2D eigenvalue weighted by atomic mass is 10.1. The van der Waals surface area contributed by atoms with E-state index < -0.39 is 11.9 Å². The molecule has 10 heteroatoms. The van der Waals surface area contributed by atoms with E-state index in [1.54, 1.807) is 18.2 Å². The highest BCUT2D eigenvalue weighted by atomic mass is 16.6. The summed E-state index contributed by atoms with van der Waals surface area (Å²) in [6, 6.07) is 21.3. The zero-order chi connectivity index (χ0) is 29.2. The van der Waals surface area contributed by atoms with E-state index in [-0.39, 0.29) is 17.9 Å². The number of carbonyl (C=O) groups excluding carboxylic acids is 2. The predicted molar refractivity (Wildman–Crippen MR) is 154 cm³/mol. The molecule has 0 aliphatic carbocycles. The van der Waals surface area contributed by atoms with Crippen molar-refractivity contribution in [2.75, 3.05) is 34.5 Å². The van der Waals surface area contributed by atoms with E-state index in [0.29, 0.717) is 40.9 Å². The monoisotopic (exact) mass is 558 g/mol.